The van der Waals surface area contributed by atoms with Gasteiger partial charge in [0.2, 0.25) is 0 Å². The molecule has 0 saturated carbocycles. The summed E-state index contributed by atoms with van der Waals surface area (Å²) in [6, 6.07) is 0. The van der Waals surface area contributed by atoms with Gasteiger partial charge < -0.3 is 14.2 Å². The summed E-state index contributed by atoms with van der Waals surface area (Å²) in [6.45, 7) is 6.49. The summed E-state index contributed by atoms with van der Waals surface area (Å²) < 4.78 is 16.9. The average Bonchev–Trinajstić information content (AvgIpc) is 3.42. The van der Waals surface area contributed by atoms with Crippen molar-refractivity contribution < 1.29 is 28.6 Å². The van der Waals surface area contributed by atoms with E-state index >= 15 is 0 Å². The third-order valence-corrected chi connectivity index (χ3v) is 13.8. The summed E-state index contributed by atoms with van der Waals surface area (Å²) in [5.41, 5.74) is 0. The van der Waals surface area contributed by atoms with Crippen molar-refractivity contribution in [2.24, 2.45) is 0 Å². The minimum absolute atomic E-state index is 0.0853. The molecule has 0 N–H and O–H groups in total. The molecule has 0 amide bonds. The van der Waals surface area contributed by atoms with Crippen molar-refractivity contribution in [3.05, 3.63) is 97.2 Å². The second-order valence-electron chi connectivity index (χ2n) is 21.3. The molecule has 0 aromatic heterocycles. The molecule has 0 bridgehead atoms. The Bertz CT molecular complexity index is 1490. The number of allylic oxidation sites excluding steroid dienone is 16. The van der Waals surface area contributed by atoms with E-state index < -0.39 is 6.10 Å². The van der Waals surface area contributed by atoms with Gasteiger partial charge in [-0.05, 0) is 116 Å². The molecule has 0 heterocycles. The highest BCUT2D eigenvalue weighted by atomic mass is 16.6. The van der Waals surface area contributed by atoms with Crippen molar-refractivity contribution >= 4 is 17.9 Å². The van der Waals surface area contributed by atoms with Gasteiger partial charge in [0, 0.05) is 19.3 Å². The molecule has 0 aliphatic carbocycles. The average molecular weight is 1060 g/mol. The van der Waals surface area contributed by atoms with Crippen molar-refractivity contribution in [1.29, 1.82) is 0 Å². The van der Waals surface area contributed by atoms with Crippen LogP contribution in [0.1, 0.15) is 310 Å². The Hall–Kier alpha value is -3.67. The van der Waals surface area contributed by atoms with E-state index in [2.05, 4.69) is 118 Å². The van der Waals surface area contributed by atoms with Crippen LogP contribution in [0.3, 0.4) is 0 Å². The zero-order valence-electron chi connectivity index (χ0n) is 50.0. The van der Waals surface area contributed by atoms with Crippen molar-refractivity contribution in [2.75, 3.05) is 13.2 Å². The molecule has 0 radical (unpaired) electrons. The van der Waals surface area contributed by atoms with Gasteiger partial charge in [-0.25, -0.2) is 0 Å². The lowest BCUT2D eigenvalue weighted by Gasteiger charge is -2.18. The quantitative estimate of drug-likeness (QED) is 0.0261. The largest absolute Gasteiger partial charge is 0.462 e. The smallest absolute Gasteiger partial charge is 0.306 e. The highest BCUT2D eigenvalue weighted by Gasteiger charge is 2.19. The van der Waals surface area contributed by atoms with Gasteiger partial charge in [-0.3, -0.25) is 14.4 Å². The van der Waals surface area contributed by atoms with Crippen LogP contribution in [-0.4, -0.2) is 37.2 Å². The number of esters is 3. The number of hydrogen-bond acceptors (Lipinski definition) is 6. The van der Waals surface area contributed by atoms with E-state index in [1.54, 1.807) is 0 Å². The molecule has 0 rings (SSSR count). The predicted octanol–water partition coefficient (Wildman–Crippen LogP) is 22.0. The zero-order chi connectivity index (χ0) is 55.0. The van der Waals surface area contributed by atoms with E-state index in [0.29, 0.717) is 19.3 Å². The molecule has 6 nitrogen and oxygen atoms in total. The monoisotopic (exact) mass is 1060 g/mol. The maximum Gasteiger partial charge on any atom is 0.306 e. The number of unbranched alkanes of at least 4 members (excludes halogenated alkanes) is 31. The molecule has 0 fully saturated rings. The van der Waals surface area contributed by atoms with Crippen LogP contribution in [0, 0.1) is 0 Å². The van der Waals surface area contributed by atoms with Crippen molar-refractivity contribution in [2.45, 2.75) is 316 Å². The molecular weight excluding hydrogens is 937 g/mol. The van der Waals surface area contributed by atoms with Gasteiger partial charge in [0.1, 0.15) is 13.2 Å². The zero-order valence-corrected chi connectivity index (χ0v) is 50.0. The Kier molecular flexibility index (Phi) is 60.8. The number of carbonyl (C=O) groups excluding carboxylic acids is 3. The first kappa shape index (κ1) is 72.3. The van der Waals surface area contributed by atoms with Crippen LogP contribution < -0.4 is 0 Å². The molecule has 0 aromatic rings. The fraction of sp³-hybridized carbons (Fsp3) is 0.729. The third-order valence-electron chi connectivity index (χ3n) is 13.8. The van der Waals surface area contributed by atoms with Crippen LogP contribution >= 0.6 is 0 Å². The minimum atomic E-state index is -0.789. The second kappa shape index (κ2) is 63.9. The molecule has 0 aliphatic heterocycles. The lowest BCUT2D eigenvalue weighted by molar-refractivity contribution is -0.167. The summed E-state index contributed by atoms with van der Waals surface area (Å²) >= 11 is 0. The van der Waals surface area contributed by atoms with E-state index in [4.69, 9.17) is 14.2 Å². The molecule has 436 valence electrons. The van der Waals surface area contributed by atoms with E-state index in [1.165, 1.54) is 154 Å². The Morgan fingerprint density at radius 2 is 0.526 bits per heavy atom. The third kappa shape index (κ3) is 61.2. The number of ether oxygens (including phenoxy) is 3. The Balaban J connectivity index is 4.35. The molecular formula is C70H120O6. The molecule has 76 heavy (non-hydrogen) atoms. The van der Waals surface area contributed by atoms with Crippen LogP contribution in [-0.2, 0) is 28.6 Å². The fourth-order valence-electron chi connectivity index (χ4n) is 8.95. The molecule has 6 heteroatoms. The van der Waals surface area contributed by atoms with Crippen molar-refractivity contribution in [1.82, 2.24) is 0 Å². The van der Waals surface area contributed by atoms with Crippen LogP contribution in [0.2, 0.25) is 0 Å². The van der Waals surface area contributed by atoms with E-state index in [-0.39, 0.29) is 31.1 Å². The summed E-state index contributed by atoms with van der Waals surface area (Å²) in [7, 11) is 0. The first-order chi connectivity index (χ1) is 37.5. The first-order valence-corrected chi connectivity index (χ1v) is 32.2. The fourth-order valence-corrected chi connectivity index (χ4v) is 8.95. The Labute approximate surface area is 470 Å². The van der Waals surface area contributed by atoms with Gasteiger partial charge in [0.25, 0.3) is 0 Å². The maximum absolute atomic E-state index is 12.9. The van der Waals surface area contributed by atoms with E-state index in [0.717, 1.165) is 116 Å². The van der Waals surface area contributed by atoms with Crippen molar-refractivity contribution in [3.63, 3.8) is 0 Å². The first-order valence-electron chi connectivity index (χ1n) is 32.2. The van der Waals surface area contributed by atoms with E-state index in [1.807, 2.05) is 0 Å². The Morgan fingerprint density at radius 1 is 0.276 bits per heavy atom. The van der Waals surface area contributed by atoms with Gasteiger partial charge in [0.15, 0.2) is 6.10 Å². The summed E-state index contributed by atoms with van der Waals surface area (Å²) in [6.07, 6.45) is 85.5. The predicted molar refractivity (Wildman–Crippen MR) is 330 cm³/mol. The summed E-state index contributed by atoms with van der Waals surface area (Å²) in [5.74, 6) is -0.897. The molecule has 1 atom stereocenters. The van der Waals surface area contributed by atoms with Gasteiger partial charge in [-0.15, -0.1) is 0 Å². The van der Waals surface area contributed by atoms with Gasteiger partial charge in [-0.2, -0.15) is 0 Å². The molecule has 0 spiro atoms. The van der Waals surface area contributed by atoms with Crippen LogP contribution in [0.5, 0.6) is 0 Å². The SMILES string of the molecule is CC/C=C\C/C=C\C/C=C\C/C=C\C/C=C\CCCCCCCCCCCC(=O)OCC(COC(=O)CCCCCCC/C=C\C/C=C\CCCC)OC(=O)CCCCCCCCCCC/C=C\CCCCCCCC. The summed E-state index contributed by atoms with van der Waals surface area (Å²) in [5, 5.41) is 0. The highest BCUT2D eigenvalue weighted by molar-refractivity contribution is 5.71. The van der Waals surface area contributed by atoms with Gasteiger partial charge in [-0.1, -0.05) is 272 Å². The summed E-state index contributed by atoms with van der Waals surface area (Å²) in [4.78, 5) is 38.3. The molecule has 0 aliphatic rings. The van der Waals surface area contributed by atoms with Gasteiger partial charge >= 0.3 is 17.9 Å². The van der Waals surface area contributed by atoms with Crippen LogP contribution in [0.25, 0.3) is 0 Å². The lowest BCUT2D eigenvalue weighted by atomic mass is 10.1. The maximum atomic E-state index is 12.9. The second-order valence-corrected chi connectivity index (χ2v) is 21.3. The normalized spacial score (nSPS) is 12.7. The topological polar surface area (TPSA) is 78.9 Å². The molecule has 1 unspecified atom stereocenters. The number of rotatable bonds is 58. The molecule has 0 saturated heterocycles. The Morgan fingerprint density at radius 3 is 0.855 bits per heavy atom. The minimum Gasteiger partial charge on any atom is -0.462 e. The molecule has 0 aromatic carbocycles. The highest BCUT2D eigenvalue weighted by Crippen LogP contribution is 2.16. The standard InChI is InChI=1S/C70H120O6/c1-4-7-10-13-16-19-22-25-28-30-32-33-34-35-36-37-39-40-42-45-48-51-54-57-60-63-69(72)75-66-67(65-74-68(71)62-59-56-53-50-47-44-27-24-21-18-15-12-9-6-3)76-70(73)64-61-58-55-52-49-46-43-41-38-31-29-26-23-20-17-14-11-8-5-2/h7,10,15-16,18-19,24-29,32-33,35-36,67H,4-6,8-9,11-14,17,20-23,30-31,34,37-66H2,1-3H3/b10-7-,18-15-,19-16-,27-24-,28-25-,29-26-,33-32-,36-35-. The van der Waals surface area contributed by atoms with Crippen LogP contribution in [0.4, 0.5) is 0 Å². The number of carbonyl (C=O) groups is 3. The van der Waals surface area contributed by atoms with Crippen LogP contribution in [0.15, 0.2) is 97.2 Å². The van der Waals surface area contributed by atoms with Crippen molar-refractivity contribution in [3.8, 4) is 0 Å². The lowest BCUT2D eigenvalue weighted by Crippen LogP contribution is -2.30. The van der Waals surface area contributed by atoms with Gasteiger partial charge in [0.05, 0.1) is 0 Å². The number of hydrogen-bond donors (Lipinski definition) is 0. The van der Waals surface area contributed by atoms with E-state index in [9.17, 15) is 14.4 Å².